The highest BCUT2D eigenvalue weighted by atomic mass is 16.4. The number of aromatic nitrogens is 2. The van der Waals surface area contributed by atoms with E-state index in [-0.39, 0.29) is 5.69 Å². The highest BCUT2D eigenvalue weighted by Gasteiger charge is 2.05. The number of hydrogen-bond acceptors (Lipinski definition) is 4. The molecule has 1 aromatic rings. The number of carboxylic acid groups (broad SMARTS) is 1. The molecule has 0 radical (unpaired) electrons. The van der Waals surface area contributed by atoms with Crippen molar-refractivity contribution < 1.29 is 9.90 Å². The minimum absolute atomic E-state index is 0.195. The lowest BCUT2D eigenvalue weighted by atomic mass is 10.5. The van der Waals surface area contributed by atoms with Crippen molar-refractivity contribution in [1.29, 1.82) is 0 Å². The number of rotatable bonds is 1. The maximum atomic E-state index is 11.0. The molecule has 0 aliphatic rings. The van der Waals surface area contributed by atoms with Gasteiger partial charge in [-0.15, -0.1) is 0 Å². The van der Waals surface area contributed by atoms with Crippen LogP contribution >= 0.6 is 0 Å². The van der Waals surface area contributed by atoms with Crippen molar-refractivity contribution in [2.24, 2.45) is 0 Å². The lowest BCUT2D eigenvalue weighted by Gasteiger charge is -2.17. The van der Waals surface area contributed by atoms with E-state index in [0.29, 0.717) is 4.90 Å². The van der Waals surface area contributed by atoms with Gasteiger partial charge in [0, 0.05) is 13.2 Å². The number of anilines is 1. The summed E-state index contributed by atoms with van der Waals surface area (Å²) in [6.07, 6.45) is -0.533. The molecule has 0 atom stereocenters. The second-order valence-electron chi connectivity index (χ2n) is 2.28. The molecule has 0 aliphatic heterocycles. The van der Waals surface area contributed by atoms with E-state index in [4.69, 9.17) is 0 Å². The molecule has 7 heteroatoms. The molecule has 0 aliphatic carbocycles. The van der Waals surface area contributed by atoms with Crippen molar-refractivity contribution in [3.63, 3.8) is 0 Å². The molecule has 13 heavy (non-hydrogen) atoms. The number of nitrogens with zero attached hydrogens (tertiary/aromatic N) is 1. The van der Waals surface area contributed by atoms with Crippen molar-refractivity contribution in [2.75, 3.05) is 11.9 Å². The first-order chi connectivity index (χ1) is 6.02. The minimum Gasteiger partial charge on any atom is -0.530 e. The molecule has 1 aromatic heterocycles. The molecule has 1 heterocycles. The van der Waals surface area contributed by atoms with Gasteiger partial charge < -0.3 is 19.8 Å². The molecule has 2 N–H and O–H groups in total. The van der Waals surface area contributed by atoms with Crippen molar-refractivity contribution >= 4 is 11.8 Å². The van der Waals surface area contributed by atoms with Crippen LogP contribution in [0.3, 0.4) is 0 Å². The third-order valence-corrected chi connectivity index (χ3v) is 1.43. The summed E-state index contributed by atoms with van der Waals surface area (Å²) in [5.74, 6) is 0. The van der Waals surface area contributed by atoms with Gasteiger partial charge in [0.15, 0.2) is 0 Å². The Morgan fingerprint density at radius 3 is 2.62 bits per heavy atom. The molecule has 1 amide bonds. The normalized spacial score (nSPS) is 9.62. The fourth-order valence-electron chi connectivity index (χ4n) is 0.750. The first kappa shape index (κ1) is 9.04. The molecule has 0 saturated heterocycles. The second-order valence-corrected chi connectivity index (χ2v) is 2.28. The van der Waals surface area contributed by atoms with Crippen LogP contribution in [-0.4, -0.2) is 23.1 Å². The zero-order chi connectivity index (χ0) is 10.0. The fraction of sp³-hybridized carbons (Fsp3) is 0.167. The average molecular weight is 184 g/mol. The van der Waals surface area contributed by atoms with Crippen LogP contribution in [0.4, 0.5) is 10.5 Å². The van der Waals surface area contributed by atoms with Gasteiger partial charge in [-0.25, -0.2) is 4.79 Å². The summed E-state index contributed by atoms with van der Waals surface area (Å²) < 4.78 is 0. The monoisotopic (exact) mass is 184 g/mol. The molecule has 0 aromatic carbocycles. The molecular weight excluding hydrogens is 178 g/mol. The lowest BCUT2D eigenvalue weighted by Crippen LogP contribution is -2.42. The molecule has 0 saturated carbocycles. The van der Waals surface area contributed by atoms with Crippen LogP contribution in [0.15, 0.2) is 15.8 Å². The van der Waals surface area contributed by atoms with Gasteiger partial charge in [0.1, 0.15) is 11.8 Å². The molecule has 7 nitrogen and oxygen atoms in total. The third-order valence-electron chi connectivity index (χ3n) is 1.43. The highest BCUT2D eigenvalue weighted by Crippen LogP contribution is 1.98. The first-order valence-electron chi connectivity index (χ1n) is 3.29. The van der Waals surface area contributed by atoms with E-state index in [1.165, 1.54) is 0 Å². The Balaban J connectivity index is 3.24. The van der Waals surface area contributed by atoms with E-state index in [0.717, 1.165) is 13.2 Å². The number of carbonyl (C=O) groups excluding carboxylic acids is 1. The number of H-pyrrole nitrogens is 2. The van der Waals surface area contributed by atoms with Crippen molar-refractivity contribution in [3.05, 3.63) is 27.0 Å². The molecule has 0 spiro atoms. The molecule has 0 fully saturated rings. The Hall–Kier alpha value is -2.05. The largest absolute Gasteiger partial charge is 0.530 e. The van der Waals surface area contributed by atoms with Crippen LogP contribution < -0.4 is 21.3 Å². The van der Waals surface area contributed by atoms with Gasteiger partial charge in [-0.2, -0.15) is 0 Å². The maximum Gasteiger partial charge on any atom is 0.325 e. The molecule has 0 unspecified atom stereocenters. The Labute approximate surface area is 71.6 Å². The third kappa shape index (κ3) is 1.75. The fourth-order valence-corrected chi connectivity index (χ4v) is 0.750. The minimum atomic E-state index is -1.53. The van der Waals surface area contributed by atoms with E-state index < -0.39 is 17.3 Å². The van der Waals surface area contributed by atoms with Crippen LogP contribution in [0, 0.1) is 0 Å². The SMILES string of the molecule is CN(C(=O)[O-])c1c[nH]c(=O)[nH]c1=O. The van der Waals surface area contributed by atoms with Crippen LogP contribution in [0.1, 0.15) is 0 Å². The van der Waals surface area contributed by atoms with E-state index >= 15 is 0 Å². The number of nitrogens with one attached hydrogen (secondary N) is 2. The molecule has 0 bridgehead atoms. The van der Waals surface area contributed by atoms with Crippen molar-refractivity contribution in [3.8, 4) is 0 Å². The molecule has 70 valence electrons. The van der Waals surface area contributed by atoms with Gasteiger partial charge in [-0.3, -0.25) is 9.78 Å². The first-order valence-corrected chi connectivity index (χ1v) is 3.29. The van der Waals surface area contributed by atoms with Crippen LogP contribution in [0.2, 0.25) is 0 Å². The molecular formula is C6H6N3O4-. The number of aromatic amines is 2. The zero-order valence-corrected chi connectivity index (χ0v) is 6.66. The highest BCUT2D eigenvalue weighted by molar-refractivity contribution is 5.82. The standard InChI is InChI=1S/C6H7N3O4/c1-9(6(12)13)3-2-7-5(11)8-4(3)10/h2H,1H3,(H,12,13)(H2,7,8,10,11)/p-1. The Bertz CT molecular complexity index is 432. The van der Waals surface area contributed by atoms with E-state index in [2.05, 4.69) is 4.98 Å². The number of hydrogen-bond donors (Lipinski definition) is 2. The summed E-state index contributed by atoms with van der Waals surface area (Å²) in [4.78, 5) is 36.4. The quantitative estimate of drug-likeness (QED) is 0.518. The van der Waals surface area contributed by atoms with Gasteiger partial charge >= 0.3 is 5.69 Å². The summed E-state index contributed by atoms with van der Waals surface area (Å²) in [7, 11) is 1.14. The van der Waals surface area contributed by atoms with E-state index in [1.807, 2.05) is 4.98 Å². The average Bonchev–Trinajstić information content (AvgIpc) is 2.03. The number of carbonyl (C=O) groups is 1. The summed E-state index contributed by atoms with van der Waals surface area (Å²) >= 11 is 0. The summed E-state index contributed by atoms with van der Waals surface area (Å²) in [5, 5.41) is 10.3. The van der Waals surface area contributed by atoms with Gasteiger partial charge in [0.25, 0.3) is 5.56 Å². The molecule has 1 rings (SSSR count). The van der Waals surface area contributed by atoms with E-state index in [9.17, 15) is 19.5 Å². The van der Waals surface area contributed by atoms with E-state index in [1.54, 1.807) is 0 Å². The predicted molar refractivity (Wildman–Crippen MR) is 41.5 cm³/mol. The Morgan fingerprint density at radius 2 is 2.15 bits per heavy atom. The smallest absolute Gasteiger partial charge is 0.325 e. The Kier molecular flexibility index (Phi) is 2.18. The van der Waals surface area contributed by atoms with Crippen LogP contribution in [0.5, 0.6) is 0 Å². The van der Waals surface area contributed by atoms with Crippen molar-refractivity contribution in [2.45, 2.75) is 0 Å². The van der Waals surface area contributed by atoms with Crippen molar-refractivity contribution in [1.82, 2.24) is 9.97 Å². The van der Waals surface area contributed by atoms with Crippen LogP contribution in [-0.2, 0) is 0 Å². The Morgan fingerprint density at radius 1 is 1.54 bits per heavy atom. The van der Waals surface area contributed by atoms with Gasteiger partial charge in [0.05, 0.1) is 0 Å². The predicted octanol–water partition coefficient (Wildman–Crippen LogP) is -2.16. The summed E-state index contributed by atoms with van der Waals surface area (Å²) in [6.45, 7) is 0. The zero-order valence-electron chi connectivity index (χ0n) is 6.66. The number of amides is 1. The van der Waals surface area contributed by atoms with Gasteiger partial charge in [-0.1, -0.05) is 0 Å². The summed E-state index contributed by atoms with van der Waals surface area (Å²) in [6, 6.07) is 0. The van der Waals surface area contributed by atoms with Gasteiger partial charge in [0.2, 0.25) is 0 Å². The topological polar surface area (TPSA) is 109 Å². The maximum absolute atomic E-state index is 11.0. The van der Waals surface area contributed by atoms with Crippen LogP contribution in [0.25, 0.3) is 0 Å². The van der Waals surface area contributed by atoms with Gasteiger partial charge in [-0.05, 0) is 0 Å². The second kappa shape index (κ2) is 3.13. The lowest BCUT2D eigenvalue weighted by molar-refractivity contribution is -0.246. The summed E-state index contributed by atoms with van der Waals surface area (Å²) in [5.41, 5.74) is -1.67.